The zero-order valence-electron chi connectivity index (χ0n) is 11.2. The summed E-state index contributed by atoms with van der Waals surface area (Å²) in [5.41, 5.74) is 5.87. The lowest BCUT2D eigenvalue weighted by Crippen LogP contribution is -2.46. The van der Waals surface area contributed by atoms with Gasteiger partial charge in [0.25, 0.3) is 0 Å². The molecule has 2 aliphatic heterocycles. The number of hydrazine groups is 1. The topological polar surface area (TPSA) is 36.9 Å². The number of hydrogen-bond donors (Lipinski definition) is 1. The van der Waals surface area contributed by atoms with E-state index in [1.807, 2.05) is 30.6 Å². The van der Waals surface area contributed by atoms with E-state index in [0.717, 1.165) is 12.3 Å². The highest BCUT2D eigenvalue weighted by atomic mass is 79.9. The zero-order chi connectivity index (χ0) is 13.9. The molecule has 0 saturated heterocycles. The molecule has 0 aromatic heterocycles. The fourth-order valence-corrected chi connectivity index (χ4v) is 2.79. The Labute approximate surface area is 126 Å². The van der Waals surface area contributed by atoms with Gasteiger partial charge in [0, 0.05) is 24.2 Å². The van der Waals surface area contributed by atoms with Gasteiger partial charge in [-0.3, -0.25) is 4.99 Å². The van der Waals surface area contributed by atoms with Crippen LogP contribution in [0.2, 0.25) is 0 Å². The summed E-state index contributed by atoms with van der Waals surface area (Å²) in [6, 6.07) is 6.30. The minimum atomic E-state index is 0.188. The van der Waals surface area contributed by atoms with E-state index in [-0.39, 0.29) is 10.9 Å². The molecule has 0 bridgehead atoms. The molecule has 3 rings (SSSR count). The Morgan fingerprint density at radius 2 is 2.35 bits per heavy atom. The van der Waals surface area contributed by atoms with Crippen molar-refractivity contribution in [3.8, 4) is 5.75 Å². The second-order valence-corrected chi connectivity index (χ2v) is 5.77. The Bertz CT molecular complexity index is 582. The fourth-order valence-electron chi connectivity index (χ4n) is 2.36. The average Bonchev–Trinajstić information content (AvgIpc) is 2.49. The number of aliphatic imine (C=N–C) groups is 1. The van der Waals surface area contributed by atoms with Gasteiger partial charge in [-0.25, -0.2) is 5.43 Å². The van der Waals surface area contributed by atoms with E-state index >= 15 is 0 Å². The molecule has 2 unspecified atom stereocenters. The van der Waals surface area contributed by atoms with Crippen LogP contribution in [0, 0.1) is 0 Å². The van der Waals surface area contributed by atoms with Crippen molar-refractivity contribution in [3.63, 3.8) is 0 Å². The van der Waals surface area contributed by atoms with Crippen molar-refractivity contribution in [1.82, 2.24) is 10.4 Å². The van der Waals surface area contributed by atoms with Crippen LogP contribution in [0.15, 0.2) is 41.7 Å². The van der Waals surface area contributed by atoms with Crippen molar-refractivity contribution in [3.05, 3.63) is 47.8 Å². The maximum atomic E-state index is 5.44. The zero-order valence-corrected chi connectivity index (χ0v) is 12.7. The quantitative estimate of drug-likeness (QED) is 0.864. The van der Waals surface area contributed by atoms with E-state index in [9.17, 15) is 0 Å². The van der Waals surface area contributed by atoms with Gasteiger partial charge in [-0.15, -0.1) is 0 Å². The Morgan fingerprint density at radius 3 is 3.15 bits per heavy atom. The number of halogens is 1. The summed E-state index contributed by atoms with van der Waals surface area (Å²) in [6.45, 7) is 0.775. The van der Waals surface area contributed by atoms with Crippen molar-refractivity contribution in [2.75, 3.05) is 7.11 Å². The third-order valence-electron chi connectivity index (χ3n) is 3.42. The van der Waals surface area contributed by atoms with Crippen LogP contribution < -0.4 is 10.2 Å². The van der Waals surface area contributed by atoms with Gasteiger partial charge >= 0.3 is 0 Å². The van der Waals surface area contributed by atoms with E-state index in [0.29, 0.717) is 0 Å². The molecule has 5 heteroatoms. The highest BCUT2D eigenvalue weighted by Crippen LogP contribution is 2.28. The first kappa shape index (κ1) is 13.4. The molecule has 1 N–H and O–H groups in total. The van der Waals surface area contributed by atoms with E-state index in [1.54, 1.807) is 7.11 Å². The number of nitrogens with zero attached hydrogens (tertiary/aromatic N) is 2. The number of fused-ring (bicyclic) bond motifs is 1. The molecular formula is C15H16BrN3O. The monoisotopic (exact) mass is 333 g/mol. The van der Waals surface area contributed by atoms with Crippen LogP contribution in [0.4, 0.5) is 0 Å². The average molecular weight is 334 g/mol. The molecule has 2 atom stereocenters. The maximum Gasteiger partial charge on any atom is 0.124 e. The molecule has 1 aromatic rings. The number of benzene rings is 1. The number of rotatable bonds is 3. The summed E-state index contributed by atoms with van der Waals surface area (Å²) in [6.07, 6.45) is 9.90. The second kappa shape index (κ2) is 5.81. The number of methoxy groups -OCH3 is 1. The molecule has 0 spiro atoms. The van der Waals surface area contributed by atoms with Crippen molar-refractivity contribution < 1.29 is 4.74 Å². The summed E-state index contributed by atoms with van der Waals surface area (Å²) in [5.74, 6) is 0.926. The van der Waals surface area contributed by atoms with E-state index in [2.05, 4.69) is 49.7 Å². The van der Waals surface area contributed by atoms with Gasteiger partial charge in [0.15, 0.2) is 0 Å². The van der Waals surface area contributed by atoms with Gasteiger partial charge in [0.05, 0.1) is 24.5 Å². The first-order chi connectivity index (χ1) is 9.78. The highest BCUT2D eigenvalue weighted by Gasteiger charge is 2.21. The second-order valence-electron chi connectivity index (χ2n) is 4.71. The largest absolute Gasteiger partial charge is 0.496 e. The number of alkyl halides is 1. The van der Waals surface area contributed by atoms with E-state index < -0.39 is 0 Å². The predicted molar refractivity (Wildman–Crippen MR) is 84.8 cm³/mol. The Kier molecular flexibility index (Phi) is 3.89. The molecule has 0 amide bonds. The van der Waals surface area contributed by atoms with Crippen molar-refractivity contribution in [2.24, 2.45) is 4.99 Å². The van der Waals surface area contributed by atoms with E-state index in [1.165, 1.54) is 11.1 Å². The Hall–Kier alpha value is -1.59. The first-order valence-corrected chi connectivity index (χ1v) is 7.40. The number of ether oxygens (including phenoxy) is 1. The van der Waals surface area contributed by atoms with Crippen LogP contribution in [-0.4, -0.2) is 29.2 Å². The molecule has 4 nitrogen and oxygen atoms in total. The molecule has 0 aliphatic carbocycles. The summed E-state index contributed by atoms with van der Waals surface area (Å²) in [4.78, 5) is 4.31. The third-order valence-corrected chi connectivity index (χ3v) is 4.22. The summed E-state index contributed by atoms with van der Waals surface area (Å²) in [5, 5.41) is 2.08. The molecule has 0 saturated carbocycles. The summed E-state index contributed by atoms with van der Waals surface area (Å²) < 4.78 is 5.44. The van der Waals surface area contributed by atoms with Crippen molar-refractivity contribution in [2.45, 2.75) is 17.4 Å². The summed E-state index contributed by atoms with van der Waals surface area (Å²) in [7, 11) is 1.71. The molecule has 1 aromatic carbocycles. The molecule has 104 valence electrons. The standard InChI is InChI=1S/C15H16BrN3O/c1-20-15-4-2-3-11-6-8-19(10-12(11)15)18-14-5-7-17-9-13(14)16/h2-9,13-14,18H,10H2,1H3. The van der Waals surface area contributed by atoms with Crippen LogP contribution in [0.5, 0.6) is 5.75 Å². The van der Waals surface area contributed by atoms with Crippen molar-refractivity contribution in [1.29, 1.82) is 0 Å². The van der Waals surface area contributed by atoms with Crippen LogP contribution in [0.3, 0.4) is 0 Å². The lowest BCUT2D eigenvalue weighted by atomic mass is 10.0. The number of hydrogen-bond acceptors (Lipinski definition) is 4. The lowest BCUT2D eigenvalue weighted by molar-refractivity contribution is 0.238. The SMILES string of the molecule is COc1cccc2c1CN(NC1C=CN=CC1Br)C=C2. The molecule has 0 fully saturated rings. The van der Waals surface area contributed by atoms with Gasteiger partial charge in [0.1, 0.15) is 5.75 Å². The fraction of sp³-hybridized carbons (Fsp3) is 0.267. The minimum Gasteiger partial charge on any atom is -0.496 e. The number of nitrogens with one attached hydrogen (secondary N) is 1. The summed E-state index contributed by atoms with van der Waals surface area (Å²) >= 11 is 3.60. The third kappa shape index (κ3) is 2.64. The van der Waals surface area contributed by atoms with Crippen LogP contribution in [0.1, 0.15) is 11.1 Å². The maximum absolute atomic E-state index is 5.44. The van der Waals surface area contributed by atoms with Gasteiger partial charge in [-0.2, -0.15) is 0 Å². The predicted octanol–water partition coefficient (Wildman–Crippen LogP) is 2.72. The minimum absolute atomic E-state index is 0.188. The molecule has 2 heterocycles. The van der Waals surface area contributed by atoms with Gasteiger partial charge in [0.2, 0.25) is 0 Å². The van der Waals surface area contributed by atoms with Gasteiger partial charge < -0.3 is 9.75 Å². The van der Waals surface area contributed by atoms with E-state index in [4.69, 9.17) is 4.74 Å². The molecular weight excluding hydrogens is 318 g/mol. The molecule has 0 radical (unpaired) electrons. The Morgan fingerprint density at radius 1 is 1.45 bits per heavy atom. The van der Waals surface area contributed by atoms with Gasteiger partial charge in [-0.1, -0.05) is 28.1 Å². The van der Waals surface area contributed by atoms with Gasteiger partial charge in [-0.05, 0) is 23.8 Å². The lowest BCUT2D eigenvalue weighted by Gasteiger charge is -2.31. The van der Waals surface area contributed by atoms with Crippen molar-refractivity contribution >= 4 is 28.2 Å². The highest BCUT2D eigenvalue weighted by molar-refractivity contribution is 9.10. The molecule has 20 heavy (non-hydrogen) atoms. The van der Waals surface area contributed by atoms with Crippen LogP contribution in [-0.2, 0) is 6.54 Å². The normalized spacial score (nSPS) is 23.8. The first-order valence-electron chi connectivity index (χ1n) is 6.49. The molecule has 2 aliphatic rings. The Balaban J connectivity index is 1.76. The van der Waals surface area contributed by atoms with Crippen LogP contribution in [0.25, 0.3) is 6.08 Å². The smallest absolute Gasteiger partial charge is 0.124 e. The van der Waals surface area contributed by atoms with Crippen LogP contribution >= 0.6 is 15.9 Å².